The zero-order valence-electron chi connectivity index (χ0n) is 15.8. The van der Waals surface area contributed by atoms with Crippen LogP contribution >= 0.6 is 23.2 Å². The standard InChI is InChI=1S/C20H21Cl2N3O2S/c1-4-25-19(27-15-7-5-13(2)6-8-15)12-23-20(25)14(3)24-28(26)16-9-10-17(21)18(22)11-16/h5-12,14,24H,4H2,1-3H3. The van der Waals surface area contributed by atoms with E-state index in [0.29, 0.717) is 27.4 Å². The van der Waals surface area contributed by atoms with Gasteiger partial charge in [0.15, 0.2) is 0 Å². The summed E-state index contributed by atoms with van der Waals surface area (Å²) in [5.41, 5.74) is 1.17. The second-order valence-corrected chi connectivity index (χ2v) is 8.36. The maximum Gasteiger partial charge on any atom is 0.219 e. The van der Waals surface area contributed by atoms with Crippen LogP contribution in [0.2, 0.25) is 10.0 Å². The van der Waals surface area contributed by atoms with Crippen LogP contribution in [0.25, 0.3) is 0 Å². The fraction of sp³-hybridized carbons (Fsp3) is 0.250. The summed E-state index contributed by atoms with van der Waals surface area (Å²) >= 11 is 11.9. The van der Waals surface area contributed by atoms with E-state index in [0.717, 1.165) is 11.6 Å². The van der Waals surface area contributed by atoms with E-state index in [-0.39, 0.29) is 6.04 Å². The quantitative estimate of drug-likeness (QED) is 0.516. The van der Waals surface area contributed by atoms with Gasteiger partial charge in [-0.25, -0.2) is 13.9 Å². The molecule has 1 heterocycles. The number of benzene rings is 2. The van der Waals surface area contributed by atoms with Crippen molar-refractivity contribution >= 4 is 34.2 Å². The molecule has 0 saturated heterocycles. The largest absolute Gasteiger partial charge is 0.439 e. The first-order chi connectivity index (χ1) is 13.4. The maximum absolute atomic E-state index is 12.7. The lowest BCUT2D eigenvalue weighted by Crippen LogP contribution is -2.24. The van der Waals surface area contributed by atoms with Gasteiger partial charge in [0.25, 0.3) is 0 Å². The van der Waals surface area contributed by atoms with Crippen LogP contribution in [0.15, 0.2) is 53.6 Å². The lowest BCUT2D eigenvalue weighted by atomic mass is 10.2. The zero-order valence-corrected chi connectivity index (χ0v) is 18.1. The van der Waals surface area contributed by atoms with Gasteiger partial charge in [0.05, 0.1) is 27.2 Å². The second kappa shape index (κ2) is 9.09. The third-order valence-electron chi connectivity index (χ3n) is 4.19. The summed E-state index contributed by atoms with van der Waals surface area (Å²) in [6, 6.07) is 12.5. The Labute approximate surface area is 177 Å². The topological polar surface area (TPSA) is 56.1 Å². The van der Waals surface area contributed by atoms with Gasteiger partial charge in [0, 0.05) is 6.54 Å². The lowest BCUT2D eigenvalue weighted by molar-refractivity contribution is 0.424. The molecule has 2 aromatic carbocycles. The molecule has 3 aromatic rings. The Bertz CT molecular complexity index is 990. The summed E-state index contributed by atoms with van der Waals surface area (Å²) in [7, 11) is -1.46. The van der Waals surface area contributed by atoms with Crippen LogP contribution < -0.4 is 9.46 Å². The van der Waals surface area contributed by atoms with Gasteiger partial charge in [-0.05, 0) is 51.1 Å². The highest BCUT2D eigenvalue weighted by Gasteiger charge is 2.19. The number of nitrogens with one attached hydrogen (secondary N) is 1. The van der Waals surface area contributed by atoms with E-state index in [1.54, 1.807) is 24.4 Å². The minimum absolute atomic E-state index is 0.273. The molecular formula is C20H21Cl2N3O2S. The van der Waals surface area contributed by atoms with E-state index in [2.05, 4.69) is 9.71 Å². The summed E-state index contributed by atoms with van der Waals surface area (Å²) in [4.78, 5) is 5.02. The van der Waals surface area contributed by atoms with Crippen molar-refractivity contribution in [2.45, 2.75) is 38.3 Å². The van der Waals surface area contributed by atoms with E-state index in [4.69, 9.17) is 27.9 Å². The zero-order chi connectivity index (χ0) is 20.3. The predicted molar refractivity (Wildman–Crippen MR) is 114 cm³/mol. The molecule has 0 bridgehead atoms. The number of rotatable bonds is 7. The van der Waals surface area contributed by atoms with Gasteiger partial charge in [0.1, 0.15) is 22.6 Å². The first-order valence-corrected chi connectivity index (χ1v) is 10.7. The van der Waals surface area contributed by atoms with Crippen LogP contribution in [0, 0.1) is 6.92 Å². The Kier molecular flexibility index (Phi) is 6.78. The third-order valence-corrected chi connectivity index (χ3v) is 6.17. The van der Waals surface area contributed by atoms with Crippen LogP contribution in [0.5, 0.6) is 11.6 Å². The van der Waals surface area contributed by atoms with Crippen molar-refractivity contribution in [1.82, 2.24) is 14.3 Å². The molecule has 5 nitrogen and oxygen atoms in total. The fourth-order valence-electron chi connectivity index (χ4n) is 2.72. The second-order valence-electron chi connectivity index (χ2n) is 6.30. The van der Waals surface area contributed by atoms with Crippen LogP contribution in [-0.2, 0) is 17.5 Å². The Morgan fingerprint density at radius 2 is 1.89 bits per heavy atom. The number of halogens is 2. The van der Waals surface area contributed by atoms with E-state index < -0.39 is 11.0 Å². The molecule has 8 heteroatoms. The SMILES string of the molecule is CCn1c(Oc2ccc(C)cc2)cnc1C(C)NS(=O)c1ccc(Cl)c(Cl)c1. The Hall–Kier alpha value is -1.86. The molecule has 0 saturated carbocycles. The Balaban J connectivity index is 1.76. The minimum Gasteiger partial charge on any atom is -0.439 e. The van der Waals surface area contributed by atoms with Crippen LogP contribution in [0.3, 0.4) is 0 Å². The Morgan fingerprint density at radius 3 is 2.54 bits per heavy atom. The smallest absolute Gasteiger partial charge is 0.219 e. The van der Waals surface area contributed by atoms with Crippen molar-refractivity contribution in [3.8, 4) is 11.6 Å². The molecule has 0 radical (unpaired) electrons. The van der Waals surface area contributed by atoms with E-state index in [1.807, 2.05) is 49.6 Å². The van der Waals surface area contributed by atoms with E-state index >= 15 is 0 Å². The molecular weight excluding hydrogens is 417 g/mol. The monoisotopic (exact) mass is 437 g/mol. The summed E-state index contributed by atoms with van der Waals surface area (Å²) in [6.45, 7) is 6.61. The van der Waals surface area contributed by atoms with Crippen molar-refractivity contribution < 1.29 is 8.95 Å². The molecule has 28 heavy (non-hydrogen) atoms. The maximum atomic E-state index is 12.7. The first-order valence-electron chi connectivity index (χ1n) is 8.82. The van der Waals surface area contributed by atoms with Gasteiger partial charge < -0.3 is 4.74 Å². The van der Waals surface area contributed by atoms with Crippen LogP contribution in [0.1, 0.15) is 31.3 Å². The van der Waals surface area contributed by atoms with Gasteiger partial charge in [-0.15, -0.1) is 0 Å². The van der Waals surface area contributed by atoms with Crippen molar-refractivity contribution in [3.63, 3.8) is 0 Å². The number of ether oxygens (including phenoxy) is 1. The van der Waals surface area contributed by atoms with Crippen molar-refractivity contribution in [2.24, 2.45) is 0 Å². The third kappa shape index (κ3) is 4.75. The van der Waals surface area contributed by atoms with Crippen LogP contribution in [-0.4, -0.2) is 13.8 Å². The Morgan fingerprint density at radius 1 is 1.18 bits per heavy atom. The molecule has 0 fully saturated rings. The average molecular weight is 438 g/mol. The van der Waals surface area contributed by atoms with Gasteiger partial charge in [0.2, 0.25) is 5.88 Å². The number of aromatic nitrogens is 2. The number of imidazole rings is 1. The summed E-state index contributed by atoms with van der Waals surface area (Å²) < 4.78 is 23.6. The average Bonchev–Trinajstić information content (AvgIpc) is 3.08. The highest BCUT2D eigenvalue weighted by atomic mass is 35.5. The van der Waals surface area contributed by atoms with Gasteiger partial charge in [-0.2, -0.15) is 0 Å². The highest BCUT2D eigenvalue weighted by molar-refractivity contribution is 7.83. The molecule has 0 aliphatic carbocycles. The molecule has 3 rings (SSSR count). The van der Waals surface area contributed by atoms with Crippen LogP contribution in [0.4, 0.5) is 0 Å². The highest BCUT2D eigenvalue weighted by Crippen LogP contribution is 2.27. The molecule has 0 aliphatic rings. The van der Waals surface area contributed by atoms with Crippen molar-refractivity contribution in [1.29, 1.82) is 0 Å². The molecule has 148 valence electrons. The summed E-state index contributed by atoms with van der Waals surface area (Å²) in [5.74, 6) is 2.11. The fourth-order valence-corrected chi connectivity index (χ4v) is 4.06. The molecule has 1 N–H and O–H groups in total. The summed E-state index contributed by atoms with van der Waals surface area (Å²) in [6.07, 6.45) is 1.68. The van der Waals surface area contributed by atoms with Gasteiger partial charge in [-0.1, -0.05) is 40.9 Å². The van der Waals surface area contributed by atoms with E-state index in [9.17, 15) is 4.21 Å². The first kappa shape index (κ1) is 20.9. The van der Waals surface area contributed by atoms with Gasteiger partial charge >= 0.3 is 0 Å². The molecule has 0 spiro atoms. The normalized spacial score (nSPS) is 13.3. The number of aryl methyl sites for hydroxylation is 1. The lowest BCUT2D eigenvalue weighted by Gasteiger charge is -2.16. The number of hydrogen-bond acceptors (Lipinski definition) is 3. The molecule has 1 aromatic heterocycles. The van der Waals surface area contributed by atoms with Gasteiger partial charge in [-0.3, -0.25) is 4.57 Å². The number of nitrogens with zero attached hydrogens (tertiary/aromatic N) is 2. The predicted octanol–water partition coefficient (Wildman–Crippen LogP) is 5.68. The van der Waals surface area contributed by atoms with Crippen molar-refractivity contribution in [3.05, 3.63) is 70.1 Å². The number of hydrogen-bond donors (Lipinski definition) is 1. The minimum atomic E-state index is -1.46. The molecule has 2 atom stereocenters. The molecule has 0 aliphatic heterocycles. The molecule has 0 amide bonds. The van der Waals surface area contributed by atoms with E-state index in [1.165, 1.54) is 5.56 Å². The van der Waals surface area contributed by atoms with Crippen molar-refractivity contribution in [2.75, 3.05) is 0 Å². The summed E-state index contributed by atoms with van der Waals surface area (Å²) in [5, 5.41) is 0.792. The molecule has 2 unspecified atom stereocenters.